The zero-order valence-corrected chi connectivity index (χ0v) is 8.55. The summed E-state index contributed by atoms with van der Waals surface area (Å²) in [4.78, 5) is 0.916. The maximum atomic E-state index is 9.16. The van der Waals surface area contributed by atoms with Gasteiger partial charge in [-0.1, -0.05) is 6.07 Å². The normalized spacial score (nSPS) is 12.8. The molecule has 0 aromatic heterocycles. The molecule has 1 aromatic rings. The smallest absolute Gasteiger partial charge is 0.116 e. The topological polar surface area (TPSA) is 40.5 Å². The maximum Gasteiger partial charge on any atom is 0.116 e. The second-order valence-corrected chi connectivity index (χ2v) is 4.26. The highest BCUT2D eigenvalue weighted by Crippen LogP contribution is 2.26. The Morgan fingerprint density at radius 2 is 2.23 bits per heavy atom. The molecule has 0 fully saturated rings. The van der Waals surface area contributed by atoms with Crippen LogP contribution in [0, 0.1) is 0 Å². The standard InChI is InChI=1S/C9H11ClO2S/c10-5-9(6-11)13-8-3-1-2-7(12)4-8/h1-4,9,11-12H,5-6H2. The summed E-state index contributed by atoms with van der Waals surface area (Å²) in [6, 6.07) is 6.90. The number of aliphatic hydroxyl groups is 1. The molecule has 4 heteroatoms. The van der Waals surface area contributed by atoms with Crippen molar-refractivity contribution in [1.82, 2.24) is 0 Å². The molecule has 1 rings (SSSR count). The Morgan fingerprint density at radius 1 is 1.46 bits per heavy atom. The molecule has 2 nitrogen and oxygen atoms in total. The minimum absolute atomic E-state index is 0.0107. The average molecular weight is 219 g/mol. The first-order valence-electron chi connectivity index (χ1n) is 3.88. The van der Waals surface area contributed by atoms with Crippen LogP contribution in [-0.4, -0.2) is 27.9 Å². The highest BCUT2D eigenvalue weighted by Gasteiger charge is 2.07. The number of alkyl halides is 1. The summed E-state index contributed by atoms with van der Waals surface area (Å²) in [5, 5.41) is 18.0. The fourth-order valence-corrected chi connectivity index (χ4v) is 2.02. The number of aromatic hydroxyl groups is 1. The summed E-state index contributed by atoms with van der Waals surface area (Å²) in [5.74, 6) is 0.632. The van der Waals surface area contributed by atoms with E-state index in [0.29, 0.717) is 5.88 Å². The molecule has 0 aliphatic rings. The van der Waals surface area contributed by atoms with Crippen LogP contribution < -0.4 is 0 Å². The van der Waals surface area contributed by atoms with Gasteiger partial charge in [-0.05, 0) is 18.2 Å². The van der Waals surface area contributed by atoms with E-state index in [0.717, 1.165) is 4.90 Å². The first-order valence-corrected chi connectivity index (χ1v) is 5.30. The Balaban J connectivity index is 2.62. The molecule has 1 unspecified atom stereocenters. The Bertz CT molecular complexity index is 264. The summed E-state index contributed by atoms with van der Waals surface area (Å²) in [7, 11) is 0. The summed E-state index contributed by atoms with van der Waals surface area (Å²) in [6.45, 7) is 0.0455. The van der Waals surface area contributed by atoms with Gasteiger partial charge >= 0.3 is 0 Å². The van der Waals surface area contributed by atoms with Crippen LogP contribution in [0.15, 0.2) is 29.2 Å². The second-order valence-electron chi connectivity index (χ2n) is 2.57. The van der Waals surface area contributed by atoms with Gasteiger partial charge in [0, 0.05) is 16.0 Å². The zero-order chi connectivity index (χ0) is 9.68. The van der Waals surface area contributed by atoms with E-state index in [1.807, 2.05) is 6.07 Å². The molecule has 0 radical (unpaired) electrons. The molecule has 0 aliphatic heterocycles. The Labute approximate surface area is 86.5 Å². The van der Waals surface area contributed by atoms with E-state index < -0.39 is 0 Å². The first kappa shape index (κ1) is 10.7. The van der Waals surface area contributed by atoms with Crippen molar-refractivity contribution in [3.05, 3.63) is 24.3 Å². The van der Waals surface area contributed by atoms with Crippen LogP contribution >= 0.6 is 23.4 Å². The van der Waals surface area contributed by atoms with E-state index in [4.69, 9.17) is 21.8 Å². The summed E-state index contributed by atoms with van der Waals surface area (Å²) in [6.07, 6.45) is 0. The van der Waals surface area contributed by atoms with E-state index in [-0.39, 0.29) is 17.6 Å². The number of thioether (sulfide) groups is 1. The van der Waals surface area contributed by atoms with Crippen molar-refractivity contribution in [2.75, 3.05) is 12.5 Å². The van der Waals surface area contributed by atoms with Crippen LogP contribution in [0.3, 0.4) is 0 Å². The van der Waals surface area contributed by atoms with Crippen LogP contribution in [0.25, 0.3) is 0 Å². The average Bonchev–Trinajstić information content (AvgIpc) is 2.14. The molecule has 1 atom stereocenters. The molecule has 13 heavy (non-hydrogen) atoms. The third kappa shape index (κ3) is 3.46. The minimum atomic E-state index is -0.0107. The fraction of sp³-hybridized carbons (Fsp3) is 0.333. The van der Waals surface area contributed by atoms with Crippen LogP contribution in [-0.2, 0) is 0 Å². The van der Waals surface area contributed by atoms with Gasteiger partial charge in [0.2, 0.25) is 0 Å². The number of phenols is 1. The Morgan fingerprint density at radius 3 is 2.77 bits per heavy atom. The summed E-state index contributed by atoms with van der Waals surface area (Å²) in [5.41, 5.74) is 0. The number of hydrogen-bond donors (Lipinski definition) is 2. The molecule has 0 spiro atoms. The van der Waals surface area contributed by atoms with E-state index in [9.17, 15) is 0 Å². The number of benzene rings is 1. The highest BCUT2D eigenvalue weighted by molar-refractivity contribution is 8.00. The van der Waals surface area contributed by atoms with Gasteiger partial charge in [-0.2, -0.15) is 0 Å². The summed E-state index contributed by atoms with van der Waals surface area (Å²) < 4.78 is 0. The third-order valence-electron chi connectivity index (χ3n) is 1.50. The van der Waals surface area contributed by atoms with Gasteiger partial charge in [-0.25, -0.2) is 0 Å². The highest BCUT2D eigenvalue weighted by atomic mass is 35.5. The minimum Gasteiger partial charge on any atom is -0.508 e. The monoisotopic (exact) mass is 218 g/mol. The molecule has 1 aromatic carbocycles. The molecule has 0 heterocycles. The first-order chi connectivity index (χ1) is 6.26. The number of rotatable bonds is 4. The van der Waals surface area contributed by atoms with Crippen molar-refractivity contribution >= 4 is 23.4 Å². The Hall–Kier alpha value is -0.380. The predicted octanol–water partition coefficient (Wildman–Crippen LogP) is 2.08. The second kappa shape index (κ2) is 5.37. The molecule has 72 valence electrons. The van der Waals surface area contributed by atoms with Gasteiger partial charge in [0.15, 0.2) is 0 Å². The fourth-order valence-electron chi connectivity index (χ4n) is 0.867. The predicted molar refractivity (Wildman–Crippen MR) is 55.6 cm³/mol. The van der Waals surface area contributed by atoms with Crippen molar-refractivity contribution < 1.29 is 10.2 Å². The number of phenolic OH excluding ortho intramolecular Hbond substituents is 1. The van der Waals surface area contributed by atoms with Gasteiger partial charge in [0.25, 0.3) is 0 Å². The van der Waals surface area contributed by atoms with Gasteiger partial charge in [0.05, 0.1) is 6.61 Å². The molecular formula is C9H11ClO2S. The van der Waals surface area contributed by atoms with E-state index in [2.05, 4.69) is 0 Å². The molecule has 0 amide bonds. The quantitative estimate of drug-likeness (QED) is 0.601. The van der Waals surface area contributed by atoms with Crippen LogP contribution in [0.1, 0.15) is 0 Å². The molecule has 0 aliphatic carbocycles. The molecule has 0 saturated heterocycles. The van der Waals surface area contributed by atoms with Crippen molar-refractivity contribution in [2.24, 2.45) is 0 Å². The Kier molecular flexibility index (Phi) is 4.42. The van der Waals surface area contributed by atoms with Gasteiger partial charge in [0.1, 0.15) is 5.75 Å². The maximum absolute atomic E-state index is 9.16. The zero-order valence-electron chi connectivity index (χ0n) is 6.98. The number of aliphatic hydroxyl groups excluding tert-OH is 1. The van der Waals surface area contributed by atoms with Crippen molar-refractivity contribution in [3.63, 3.8) is 0 Å². The van der Waals surface area contributed by atoms with E-state index >= 15 is 0 Å². The lowest BCUT2D eigenvalue weighted by Crippen LogP contribution is -2.09. The third-order valence-corrected chi connectivity index (χ3v) is 3.23. The van der Waals surface area contributed by atoms with Gasteiger partial charge in [-0.15, -0.1) is 23.4 Å². The van der Waals surface area contributed by atoms with Crippen LogP contribution in [0.2, 0.25) is 0 Å². The molecule has 0 saturated carbocycles. The molecular weight excluding hydrogens is 208 g/mol. The van der Waals surface area contributed by atoms with Gasteiger partial charge < -0.3 is 10.2 Å². The van der Waals surface area contributed by atoms with Crippen molar-refractivity contribution in [2.45, 2.75) is 10.1 Å². The largest absolute Gasteiger partial charge is 0.508 e. The van der Waals surface area contributed by atoms with Gasteiger partial charge in [-0.3, -0.25) is 0 Å². The van der Waals surface area contributed by atoms with E-state index in [1.54, 1.807) is 18.2 Å². The lowest BCUT2D eigenvalue weighted by atomic mass is 10.3. The van der Waals surface area contributed by atoms with Crippen molar-refractivity contribution in [1.29, 1.82) is 0 Å². The lowest BCUT2D eigenvalue weighted by Gasteiger charge is -2.09. The molecule has 0 bridgehead atoms. The number of halogens is 1. The molecule has 2 N–H and O–H groups in total. The van der Waals surface area contributed by atoms with Crippen LogP contribution in [0.5, 0.6) is 5.75 Å². The number of hydrogen-bond acceptors (Lipinski definition) is 3. The SMILES string of the molecule is OCC(CCl)Sc1cccc(O)c1. The van der Waals surface area contributed by atoms with Crippen molar-refractivity contribution in [3.8, 4) is 5.75 Å². The van der Waals surface area contributed by atoms with Crippen LogP contribution in [0.4, 0.5) is 0 Å². The lowest BCUT2D eigenvalue weighted by molar-refractivity contribution is 0.301. The summed E-state index contributed by atoms with van der Waals surface area (Å²) >= 11 is 7.07. The van der Waals surface area contributed by atoms with E-state index in [1.165, 1.54) is 11.8 Å².